The van der Waals surface area contributed by atoms with E-state index in [0.717, 1.165) is 11.6 Å². The quantitative estimate of drug-likeness (QED) is 0.173. The third-order valence-corrected chi connectivity index (χ3v) is 6.71. The van der Waals surface area contributed by atoms with Crippen molar-refractivity contribution in [3.05, 3.63) is 96.2 Å². The summed E-state index contributed by atoms with van der Waals surface area (Å²) in [5.41, 5.74) is 2.01. The normalized spacial score (nSPS) is 11.8. The number of hydrogen-bond donors (Lipinski definition) is 3. The first-order valence-corrected chi connectivity index (χ1v) is 12.9. The number of phenolic OH excluding ortho intramolecular Hbond substituents is 1. The first-order valence-electron chi connectivity index (χ1n) is 11.4. The monoisotopic (exact) mass is 530 g/mol. The van der Waals surface area contributed by atoms with E-state index in [1.54, 1.807) is 43.3 Å². The maximum atomic E-state index is 11.8. The lowest BCUT2D eigenvalue weighted by molar-refractivity contribution is 0.306. The molecule has 0 amide bonds. The summed E-state index contributed by atoms with van der Waals surface area (Å²) < 4.78 is 40.2. The van der Waals surface area contributed by atoms with Crippen LogP contribution in [0.2, 0.25) is 0 Å². The largest absolute Gasteiger partial charge is 0.506 e. The molecule has 1 heterocycles. The van der Waals surface area contributed by atoms with Crippen LogP contribution >= 0.6 is 0 Å². The number of aromatic hydroxyl groups is 2. The fourth-order valence-electron chi connectivity index (χ4n) is 3.96. The van der Waals surface area contributed by atoms with E-state index in [1.807, 2.05) is 30.3 Å². The molecule has 11 heteroatoms. The smallest absolute Gasteiger partial charge is 0.295 e. The van der Waals surface area contributed by atoms with Crippen molar-refractivity contribution in [2.24, 2.45) is 10.2 Å². The van der Waals surface area contributed by atoms with E-state index in [1.165, 1.54) is 16.8 Å². The third kappa shape index (κ3) is 4.92. The SMILES string of the molecule is Cc1nn(-c2ccc(OCc3ccccc3)cc2)c(O)c1/N=N/c1c(O)cc(S(=O)(=O)O)c2ccccc12. The number of hydrogen-bond acceptors (Lipinski definition) is 8. The standard InChI is InChI=1S/C27H22N4O6S/c1-17-25(28-29-26-22-10-6-5-9-21(22)24(15-23(26)32)38(34,35)36)27(33)31(30-17)19-11-13-20(14-12-19)37-16-18-7-3-2-4-8-18/h2-15,32-33H,16H2,1H3,(H,34,35,36)/b29-28+. The van der Waals surface area contributed by atoms with E-state index in [0.29, 0.717) is 23.7 Å². The number of aryl methyl sites for hydroxylation is 1. The van der Waals surface area contributed by atoms with Crippen LogP contribution < -0.4 is 4.74 Å². The lowest BCUT2D eigenvalue weighted by atomic mass is 10.1. The Balaban J connectivity index is 1.43. The lowest BCUT2D eigenvalue weighted by Gasteiger charge is -2.08. The van der Waals surface area contributed by atoms with Gasteiger partial charge in [0.05, 0.1) is 11.4 Å². The number of benzene rings is 4. The van der Waals surface area contributed by atoms with Crippen molar-refractivity contribution >= 4 is 32.3 Å². The topological polar surface area (TPSA) is 147 Å². The lowest BCUT2D eigenvalue weighted by Crippen LogP contribution is -1.99. The van der Waals surface area contributed by atoms with Crippen molar-refractivity contribution in [1.29, 1.82) is 0 Å². The molecule has 5 aromatic rings. The first kappa shape index (κ1) is 24.9. The molecule has 192 valence electrons. The number of ether oxygens (including phenoxy) is 1. The van der Waals surface area contributed by atoms with E-state index < -0.39 is 20.8 Å². The van der Waals surface area contributed by atoms with Crippen molar-refractivity contribution in [3.8, 4) is 23.1 Å². The molecule has 0 bridgehead atoms. The van der Waals surface area contributed by atoms with Crippen molar-refractivity contribution in [2.75, 3.05) is 0 Å². The average molecular weight is 531 g/mol. The maximum absolute atomic E-state index is 11.8. The van der Waals surface area contributed by atoms with Gasteiger partial charge in [0.1, 0.15) is 28.7 Å². The molecule has 0 spiro atoms. The molecule has 0 fully saturated rings. The maximum Gasteiger partial charge on any atom is 0.295 e. The van der Waals surface area contributed by atoms with Crippen molar-refractivity contribution in [2.45, 2.75) is 18.4 Å². The van der Waals surface area contributed by atoms with Gasteiger partial charge in [0, 0.05) is 16.8 Å². The van der Waals surface area contributed by atoms with E-state index in [2.05, 4.69) is 15.3 Å². The zero-order valence-electron chi connectivity index (χ0n) is 20.1. The van der Waals surface area contributed by atoms with Crippen LogP contribution in [0.4, 0.5) is 11.4 Å². The molecule has 4 aromatic carbocycles. The summed E-state index contributed by atoms with van der Waals surface area (Å²) in [6.45, 7) is 2.06. The van der Waals surface area contributed by atoms with Crippen LogP contribution in [0.5, 0.6) is 17.4 Å². The van der Waals surface area contributed by atoms with Crippen LogP contribution in [0, 0.1) is 6.92 Å². The van der Waals surface area contributed by atoms with Crippen molar-refractivity contribution < 1.29 is 27.9 Å². The highest BCUT2D eigenvalue weighted by Gasteiger charge is 2.20. The van der Waals surface area contributed by atoms with Gasteiger partial charge in [-0.25, -0.2) is 0 Å². The Morgan fingerprint density at radius 3 is 2.18 bits per heavy atom. The van der Waals surface area contributed by atoms with E-state index >= 15 is 0 Å². The van der Waals surface area contributed by atoms with Crippen molar-refractivity contribution in [3.63, 3.8) is 0 Å². The number of nitrogens with zero attached hydrogens (tertiary/aromatic N) is 4. The molecule has 0 radical (unpaired) electrons. The summed E-state index contributed by atoms with van der Waals surface area (Å²) in [5, 5.41) is 34.2. The average Bonchev–Trinajstić information content (AvgIpc) is 3.19. The van der Waals surface area contributed by atoms with E-state index in [4.69, 9.17) is 4.74 Å². The first-order chi connectivity index (χ1) is 18.2. The van der Waals surface area contributed by atoms with Gasteiger partial charge in [-0.1, -0.05) is 54.6 Å². The molecule has 0 aliphatic rings. The predicted molar refractivity (Wildman–Crippen MR) is 140 cm³/mol. The fourth-order valence-corrected chi connectivity index (χ4v) is 4.68. The highest BCUT2D eigenvalue weighted by Crippen LogP contribution is 2.41. The van der Waals surface area contributed by atoms with Crippen LogP contribution in [0.3, 0.4) is 0 Å². The van der Waals surface area contributed by atoms with Crippen LogP contribution in [-0.2, 0) is 16.7 Å². The zero-order chi connectivity index (χ0) is 26.9. The molecular weight excluding hydrogens is 508 g/mol. The minimum atomic E-state index is -4.59. The Hall–Kier alpha value is -4.74. The van der Waals surface area contributed by atoms with Gasteiger partial charge >= 0.3 is 0 Å². The van der Waals surface area contributed by atoms with Gasteiger partial charge in [0.15, 0.2) is 5.69 Å². The minimum Gasteiger partial charge on any atom is -0.506 e. The highest BCUT2D eigenvalue weighted by molar-refractivity contribution is 7.86. The second-order valence-corrected chi connectivity index (χ2v) is 9.79. The molecule has 0 aliphatic carbocycles. The molecule has 10 nitrogen and oxygen atoms in total. The summed E-state index contributed by atoms with van der Waals surface area (Å²) in [6.07, 6.45) is 0. The second kappa shape index (κ2) is 9.96. The highest BCUT2D eigenvalue weighted by atomic mass is 32.2. The Morgan fingerprint density at radius 2 is 1.50 bits per heavy atom. The van der Waals surface area contributed by atoms with Crippen LogP contribution in [0.15, 0.2) is 100 Å². The van der Waals surface area contributed by atoms with Gasteiger partial charge in [-0.05, 0) is 36.8 Å². The Bertz CT molecular complexity index is 1770. The van der Waals surface area contributed by atoms with Crippen LogP contribution in [-0.4, -0.2) is 33.0 Å². The van der Waals surface area contributed by atoms with Crippen LogP contribution in [0.1, 0.15) is 11.3 Å². The van der Waals surface area contributed by atoms with E-state index in [9.17, 15) is 23.2 Å². The Labute approximate surface area is 217 Å². The molecule has 0 atom stereocenters. The second-order valence-electron chi connectivity index (χ2n) is 8.40. The van der Waals surface area contributed by atoms with E-state index in [-0.39, 0.29) is 28.0 Å². The van der Waals surface area contributed by atoms with Gasteiger partial charge in [0.2, 0.25) is 5.88 Å². The Kier molecular flexibility index (Phi) is 6.53. The van der Waals surface area contributed by atoms with Gasteiger partial charge < -0.3 is 14.9 Å². The number of aromatic nitrogens is 2. The molecule has 1 aromatic heterocycles. The molecule has 5 rings (SSSR count). The predicted octanol–water partition coefficient (Wildman–Crippen LogP) is 5.99. The van der Waals surface area contributed by atoms with Gasteiger partial charge in [-0.3, -0.25) is 4.55 Å². The summed E-state index contributed by atoms with van der Waals surface area (Å²) in [5.74, 6) is -0.130. The summed E-state index contributed by atoms with van der Waals surface area (Å²) in [7, 11) is -4.59. The van der Waals surface area contributed by atoms with Gasteiger partial charge in [-0.2, -0.15) is 18.2 Å². The fraction of sp³-hybridized carbons (Fsp3) is 0.0741. The molecule has 38 heavy (non-hydrogen) atoms. The number of rotatable bonds is 7. The van der Waals surface area contributed by atoms with Gasteiger partial charge in [-0.15, -0.1) is 10.2 Å². The molecule has 0 saturated heterocycles. The molecular formula is C27H22N4O6S. The summed E-state index contributed by atoms with van der Waals surface area (Å²) in [4.78, 5) is -0.451. The summed E-state index contributed by atoms with van der Waals surface area (Å²) in [6, 6.07) is 23.9. The zero-order valence-corrected chi connectivity index (χ0v) is 20.9. The van der Waals surface area contributed by atoms with Gasteiger partial charge in [0.25, 0.3) is 10.1 Å². The number of fused-ring (bicyclic) bond motifs is 1. The molecule has 0 saturated carbocycles. The number of phenols is 1. The molecule has 0 aliphatic heterocycles. The summed E-state index contributed by atoms with van der Waals surface area (Å²) >= 11 is 0. The van der Waals surface area contributed by atoms with Crippen LogP contribution in [0.25, 0.3) is 16.5 Å². The number of azo groups is 1. The third-order valence-electron chi connectivity index (χ3n) is 5.82. The Morgan fingerprint density at radius 1 is 0.868 bits per heavy atom. The minimum absolute atomic E-state index is 0.0283. The molecule has 3 N–H and O–H groups in total. The molecule has 0 unspecified atom stereocenters. The van der Waals surface area contributed by atoms with Crippen molar-refractivity contribution in [1.82, 2.24) is 9.78 Å².